The van der Waals surface area contributed by atoms with Crippen LogP contribution in [0.2, 0.25) is 0 Å². The van der Waals surface area contributed by atoms with Crippen LogP contribution in [0.3, 0.4) is 0 Å². The molecular weight excluding hydrogens is 636 g/mol. The third-order valence-corrected chi connectivity index (χ3v) is 7.65. The summed E-state index contributed by atoms with van der Waals surface area (Å²) >= 11 is 0. The summed E-state index contributed by atoms with van der Waals surface area (Å²) in [6.45, 7) is 2.33. The zero-order valence-corrected chi connectivity index (χ0v) is 25.1. The van der Waals surface area contributed by atoms with Gasteiger partial charge in [-0.15, -0.1) is 13.2 Å². The summed E-state index contributed by atoms with van der Waals surface area (Å²) in [5, 5.41) is 0. The molecule has 1 saturated heterocycles. The van der Waals surface area contributed by atoms with Gasteiger partial charge in [-0.2, -0.15) is 8.78 Å². The van der Waals surface area contributed by atoms with Crippen LogP contribution < -0.4 is 9.47 Å². The van der Waals surface area contributed by atoms with Crippen LogP contribution in [0, 0.1) is 17.5 Å². The topological polar surface area (TPSA) is 36.9 Å². The Balaban J connectivity index is 1.17. The second kappa shape index (κ2) is 14.3. The zero-order chi connectivity index (χ0) is 33.8. The summed E-state index contributed by atoms with van der Waals surface area (Å²) in [5.41, 5.74) is 0.737. The average Bonchev–Trinajstić information content (AvgIpc) is 3.02. The quantitative estimate of drug-likeness (QED) is 0.118. The summed E-state index contributed by atoms with van der Waals surface area (Å²) in [6, 6.07) is 16.0. The van der Waals surface area contributed by atoms with Gasteiger partial charge in [-0.1, -0.05) is 56.2 Å². The van der Waals surface area contributed by atoms with Crippen LogP contribution in [0.1, 0.15) is 60.6 Å². The zero-order valence-electron chi connectivity index (χ0n) is 25.1. The summed E-state index contributed by atoms with van der Waals surface area (Å²) in [4.78, 5) is 0. The molecule has 0 radical (unpaired) electrons. The molecule has 0 saturated carbocycles. The van der Waals surface area contributed by atoms with Gasteiger partial charge >= 0.3 is 12.5 Å². The van der Waals surface area contributed by atoms with E-state index < -0.39 is 47.5 Å². The Hall–Kier alpha value is -4.16. The Morgan fingerprint density at radius 3 is 2.02 bits per heavy atom. The number of hydrogen-bond donors (Lipinski definition) is 0. The molecule has 250 valence electrons. The molecule has 1 heterocycles. The Morgan fingerprint density at radius 1 is 0.702 bits per heavy atom. The number of hydrogen-bond acceptors (Lipinski definition) is 4. The third kappa shape index (κ3) is 8.61. The van der Waals surface area contributed by atoms with Crippen molar-refractivity contribution in [1.82, 2.24) is 0 Å². The molecule has 47 heavy (non-hydrogen) atoms. The first-order chi connectivity index (χ1) is 22.3. The van der Waals surface area contributed by atoms with Gasteiger partial charge in [0.05, 0.1) is 18.8 Å². The minimum Gasteiger partial charge on any atom is -0.429 e. The average molecular weight is 667 g/mol. The summed E-state index contributed by atoms with van der Waals surface area (Å²) in [6.07, 6.45) is -6.52. The summed E-state index contributed by atoms with van der Waals surface area (Å²) in [7, 11) is 0. The first kappa shape index (κ1) is 34.2. The molecule has 0 bridgehead atoms. The van der Waals surface area contributed by atoms with Gasteiger partial charge in [-0.3, -0.25) is 0 Å². The maximum atomic E-state index is 15.0. The minimum atomic E-state index is -5.08. The highest BCUT2D eigenvalue weighted by Crippen LogP contribution is 2.37. The molecule has 4 aromatic rings. The first-order valence-corrected chi connectivity index (χ1v) is 14.9. The van der Waals surface area contributed by atoms with E-state index in [4.69, 9.17) is 14.2 Å². The van der Waals surface area contributed by atoms with Crippen LogP contribution in [-0.4, -0.2) is 19.6 Å². The van der Waals surface area contributed by atoms with Gasteiger partial charge in [0.2, 0.25) is 0 Å². The van der Waals surface area contributed by atoms with E-state index in [-0.39, 0.29) is 36.0 Å². The highest BCUT2D eigenvalue weighted by Gasteiger charge is 2.38. The number of benzene rings is 4. The fourth-order valence-electron chi connectivity index (χ4n) is 5.22. The number of ether oxygens (including phenoxy) is 4. The maximum absolute atomic E-state index is 15.0. The molecule has 0 N–H and O–H groups in total. The third-order valence-electron chi connectivity index (χ3n) is 7.65. The lowest BCUT2D eigenvalue weighted by Crippen LogP contribution is -2.26. The van der Waals surface area contributed by atoms with E-state index >= 15 is 0 Å². The van der Waals surface area contributed by atoms with Gasteiger partial charge < -0.3 is 18.9 Å². The van der Waals surface area contributed by atoms with E-state index in [0.717, 1.165) is 55.7 Å². The van der Waals surface area contributed by atoms with Crippen molar-refractivity contribution in [3.63, 3.8) is 0 Å². The summed E-state index contributed by atoms with van der Waals surface area (Å²) < 4.78 is 131. The first-order valence-electron chi connectivity index (χ1n) is 14.9. The normalized spacial score (nSPS) is 17.0. The lowest BCUT2D eigenvalue weighted by Gasteiger charge is -2.30. The van der Waals surface area contributed by atoms with Crippen molar-refractivity contribution in [3.8, 4) is 22.6 Å². The highest BCUT2D eigenvalue weighted by atomic mass is 19.4. The van der Waals surface area contributed by atoms with E-state index in [2.05, 4.69) is 4.74 Å². The smallest absolute Gasteiger partial charge is 0.429 e. The predicted octanol–water partition coefficient (Wildman–Crippen LogP) is 10.4. The molecule has 0 aromatic heterocycles. The Bertz CT molecular complexity index is 1670. The predicted molar refractivity (Wildman–Crippen MR) is 156 cm³/mol. The number of rotatable bonds is 11. The molecule has 4 aromatic carbocycles. The molecule has 4 nitrogen and oxygen atoms in total. The van der Waals surface area contributed by atoms with Crippen molar-refractivity contribution < 1.29 is 54.1 Å². The van der Waals surface area contributed by atoms with Crippen molar-refractivity contribution in [2.75, 3.05) is 13.2 Å². The molecule has 1 fully saturated rings. The van der Waals surface area contributed by atoms with Crippen LogP contribution in [0.5, 0.6) is 11.5 Å². The van der Waals surface area contributed by atoms with Gasteiger partial charge in [-0.05, 0) is 72.0 Å². The fourth-order valence-corrected chi connectivity index (χ4v) is 5.22. The van der Waals surface area contributed by atoms with Crippen LogP contribution in [0.25, 0.3) is 11.1 Å². The van der Waals surface area contributed by atoms with E-state index in [9.17, 15) is 35.1 Å². The van der Waals surface area contributed by atoms with Crippen LogP contribution in [0.15, 0.2) is 78.9 Å². The van der Waals surface area contributed by atoms with E-state index in [1.54, 1.807) is 12.1 Å². The molecule has 1 aliphatic heterocycles. The van der Waals surface area contributed by atoms with Gasteiger partial charge in [0.15, 0.2) is 17.9 Å². The standard InChI is InChI=1S/C35H30F8O4/c1-2-3-4-5-21-6-14-28(30(37)16-21)34(39,40)46-26-11-7-22(8-12-26)25-19-44-33(45-20-25)24-9-13-27(29(36)18-24)23-10-15-32(31(38)17-23)47-35(41,42)43/h6-18,25,33H,2-5,19-20H2,1H3. The number of halogens is 8. The second-order valence-electron chi connectivity index (χ2n) is 11.1. The largest absolute Gasteiger partial charge is 0.573 e. The fraction of sp³-hybridized carbons (Fsp3) is 0.314. The maximum Gasteiger partial charge on any atom is 0.573 e. The lowest BCUT2D eigenvalue weighted by molar-refractivity contribution is -0.275. The molecule has 12 heteroatoms. The molecule has 0 atom stereocenters. The Labute approximate surface area is 265 Å². The number of unbranched alkanes of at least 4 members (excludes halogenated alkanes) is 2. The Morgan fingerprint density at radius 2 is 1.40 bits per heavy atom. The van der Waals surface area contributed by atoms with Crippen LogP contribution >= 0.6 is 0 Å². The van der Waals surface area contributed by atoms with Crippen molar-refractivity contribution in [1.29, 1.82) is 0 Å². The minimum absolute atomic E-state index is 0.00217. The molecule has 0 amide bonds. The molecular formula is C35H30F8O4. The van der Waals surface area contributed by atoms with Crippen LogP contribution in [0.4, 0.5) is 35.1 Å². The molecule has 0 unspecified atom stereocenters. The number of aryl methyl sites for hydroxylation is 1. The molecule has 5 rings (SSSR count). The van der Waals surface area contributed by atoms with Crippen molar-refractivity contribution in [2.45, 2.75) is 57.3 Å². The second-order valence-corrected chi connectivity index (χ2v) is 11.1. The Kier molecular flexibility index (Phi) is 10.4. The molecule has 0 aliphatic carbocycles. The number of alkyl halides is 5. The highest BCUT2D eigenvalue weighted by molar-refractivity contribution is 5.65. The SMILES string of the molecule is CCCCCc1ccc(C(F)(F)Oc2ccc(C3COC(c4ccc(-c5ccc(OC(F)(F)F)c(F)c5)c(F)c4)OC3)cc2)c(F)c1. The van der Waals surface area contributed by atoms with Gasteiger partial charge in [0.25, 0.3) is 0 Å². The van der Waals surface area contributed by atoms with Gasteiger partial charge in [0.1, 0.15) is 17.4 Å². The van der Waals surface area contributed by atoms with E-state index in [0.29, 0.717) is 23.1 Å². The van der Waals surface area contributed by atoms with Crippen molar-refractivity contribution in [3.05, 3.63) is 119 Å². The molecule has 0 spiro atoms. The summed E-state index contributed by atoms with van der Waals surface area (Å²) in [5.74, 6) is -4.62. The monoisotopic (exact) mass is 666 g/mol. The van der Waals surface area contributed by atoms with E-state index in [1.165, 1.54) is 30.3 Å². The van der Waals surface area contributed by atoms with Gasteiger partial charge in [0, 0.05) is 17.0 Å². The lowest BCUT2D eigenvalue weighted by atomic mass is 9.99. The van der Waals surface area contributed by atoms with Crippen LogP contribution in [-0.2, 0) is 22.0 Å². The van der Waals surface area contributed by atoms with E-state index in [1.807, 2.05) is 6.92 Å². The van der Waals surface area contributed by atoms with Crippen molar-refractivity contribution in [2.24, 2.45) is 0 Å². The van der Waals surface area contributed by atoms with Gasteiger partial charge in [-0.25, -0.2) is 13.2 Å². The molecule has 1 aliphatic rings. The van der Waals surface area contributed by atoms with Crippen molar-refractivity contribution >= 4 is 0 Å².